The van der Waals surface area contributed by atoms with Crippen LogP contribution >= 0.6 is 11.3 Å². The molecule has 5 nitrogen and oxygen atoms in total. The first kappa shape index (κ1) is 19.8. The van der Waals surface area contributed by atoms with E-state index in [1.807, 2.05) is 35.2 Å². The Balaban J connectivity index is 1.62. The predicted octanol–water partition coefficient (Wildman–Crippen LogP) is 4.90. The van der Waals surface area contributed by atoms with E-state index in [1.165, 1.54) is 5.56 Å². The number of para-hydroxylation sites is 1. The quantitative estimate of drug-likeness (QED) is 0.603. The zero-order valence-electron chi connectivity index (χ0n) is 17.8. The fourth-order valence-corrected chi connectivity index (χ4v) is 5.22. The highest BCUT2D eigenvalue weighted by molar-refractivity contribution is 7.08. The van der Waals surface area contributed by atoms with Gasteiger partial charge in [-0.15, -0.1) is 0 Å². The maximum Gasteiger partial charge on any atom is 0.276 e. The number of anilines is 1. The minimum absolute atomic E-state index is 0.0233. The molecule has 2 unspecified atom stereocenters. The molecule has 0 fully saturated rings. The Bertz CT molecular complexity index is 1140. The fraction of sp³-hybridized carbons (Fsp3) is 0.240. The summed E-state index contributed by atoms with van der Waals surface area (Å²) in [6.45, 7) is 4.33. The lowest BCUT2D eigenvalue weighted by Crippen LogP contribution is -2.44. The van der Waals surface area contributed by atoms with Gasteiger partial charge >= 0.3 is 0 Å². The summed E-state index contributed by atoms with van der Waals surface area (Å²) in [6, 6.07) is 18.1. The molecule has 2 aromatic carbocycles. The maximum atomic E-state index is 13.6. The molecular weight excluding hydrogens is 406 g/mol. The molecule has 0 saturated heterocycles. The Labute approximate surface area is 186 Å². The molecule has 158 valence electrons. The molecule has 2 aliphatic rings. The number of nitrogens with zero attached hydrogens (tertiary/aromatic N) is 1. The number of carbonyl (C=O) groups excluding carboxylic acids is 1. The molecule has 0 aliphatic carbocycles. The zero-order chi connectivity index (χ0) is 21.5. The minimum Gasteiger partial charge on any atom is -0.496 e. The molecule has 0 spiro atoms. The second kappa shape index (κ2) is 7.87. The molecule has 5 rings (SSSR count). The Morgan fingerprint density at radius 2 is 1.81 bits per heavy atom. The second-order valence-corrected chi connectivity index (χ2v) is 8.98. The van der Waals surface area contributed by atoms with Crippen molar-refractivity contribution in [3.63, 3.8) is 0 Å². The number of carbonyl (C=O) groups is 1. The molecule has 0 radical (unpaired) electrons. The molecule has 2 aliphatic heterocycles. The number of amides is 1. The van der Waals surface area contributed by atoms with Crippen LogP contribution in [0.25, 0.3) is 11.1 Å². The maximum absolute atomic E-state index is 13.6. The zero-order valence-corrected chi connectivity index (χ0v) is 18.6. The van der Waals surface area contributed by atoms with Crippen molar-refractivity contribution in [2.24, 2.45) is 5.92 Å². The van der Waals surface area contributed by atoms with Crippen LogP contribution in [0.1, 0.15) is 25.5 Å². The van der Waals surface area contributed by atoms with Gasteiger partial charge in [-0.1, -0.05) is 44.2 Å². The number of rotatable bonds is 5. The first-order valence-electron chi connectivity index (χ1n) is 10.4. The van der Waals surface area contributed by atoms with E-state index in [0.29, 0.717) is 11.6 Å². The SMILES string of the molecule is COc1ccccc1C1C2=C(NNC2C(C)C)C(=O)N1c1ccc(-c2ccsc2)cc1. The first-order valence-corrected chi connectivity index (χ1v) is 11.4. The van der Waals surface area contributed by atoms with Gasteiger partial charge in [-0.2, -0.15) is 11.3 Å². The van der Waals surface area contributed by atoms with Crippen molar-refractivity contribution in [3.8, 4) is 16.9 Å². The van der Waals surface area contributed by atoms with Crippen molar-refractivity contribution in [1.29, 1.82) is 0 Å². The highest BCUT2D eigenvalue weighted by Gasteiger charge is 2.48. The second-order valence-electron chi connectivity index (χ2n) is 8.20. The number of ether oxygens (including phenoxy) is 1. The van der Waals surface area contributed by atoms with E-state index < -0.39 is 0 Å². The van der Waals surface area contributed by atoms with Gasteiger partial charge in [-0.3, -0.25) is 9.69 Å². The van der Waals surface area contributed by atoms with E-state index in [9.17, 15) is 4.79 Å². The monoisotopic (exact) mass is 431 g/mol. The number of nitrogens with one attached hydrogen (secondary N) is 2. The molecule has 6 heteroatoms. The van der Waals surface area contributed by atoms with E-state index in [-0.39, 0.29) is 18.0 Å². The number of hydrogen-bond donors (Lipinski definition) is 2. The number of methoxy groups -OCH3 is 1. The van der Waals surface area contributed by atoms with Gasteiger partial charge in [0.2, 0.25) is 0 Å². The van der Waals surface area contributed by atoms with Gasteiger partial charge in [0.05, 0.1) is 19.2 Å². The lowest BCUT2D eigenvalue weighted by atomic mass is 9.88. The van der Waals surface area contributed by atoms with Crippen molar-refractivity contribution in [1.82, 2.24) is 10.9 Å². The Morgan fingerprint density at radius 3 is 2.48 bits per heavy atom. The Kier molecular flexibility index (Phi) is 5.04. The van der Waals surface area contributed by atoms with Crippen LogP contribution in [0, 0.1) is 5.92 Å². The predicted molar refractivity (Wildman–Crippen MR) is 125 cm³/mol. The van der Waals surface area contributed by atoms with Gasteiger partial charge in [-0.25, -0.2) is 5.43 Å². The smallest absolute Gasteiger partial charge is 0.276 e. The van der Waals surface area contributed by atoms with E-state index in [0.717, 1.165) is 28.1 Å². The summed E-state index contributed by atoms with van der Waals surface area (Å²) in [6.07, 6.45) is 0. The van der Waals surface area contributed by atoms with E-state index >= 15 is 0 Å². The molecule has 0 saturated carbocycles. The van der Waals surface area contributed by atoms with Gasteiger partial charge in [0.25, 0.3) is 5.91 Å². The summed E-state index contributed by atoms with van der Waals surface area (Å²) >= 11 is 1.68. The lowest BCUT2D eigenvalue weighted by Gasteiger charge is -2.32. The van der Waals surface area contributed by atoms with Gasteiger partial charge in [-0.05, 0) is 52.1 Å². The molecule has 31 heavy (non-hydrogen) atoms. The molecule has 1 aromatic heterocycles. The largest absolute Gasteiger partial charge is 0.496 e. The molecule has 3 heterocycles. The number of hydrogen-bond acceptors (Lipinski definition) is 5. The van der Waals surface area contributed by atoms with Crippen LogP contribution in [0.5, 0.6) is 5.75 Å². The van der Waals surface area contributed by atoms with Gasteiger partial charge in [0.15, 0.2) is 0 Å². The van der Waals surface area contributed by atoms with Crippen LogP contribution in [0.2, 0.25) is 0 Å². The number of benzene rings is 2. The van der Waals surface area contributed by atoms with Crippen molar-refractivity contribution in [2.45, 2.75) is 25.9 Å². The number of thiophene rings is 1. The van der Waals surface area contributed by atoms with Crippen molar-refractivity contribution in [2.75, 3.05) is 12.0 Å². The molecule has 0 bridgehead atoms. The van der Waals surface area contributed by atoms with Crippen LogP contribution < -0.4 is 20.5 Å². The average molecular weight is 432 g/mol. The van der Waals surface area contributed by atoms with E-state index in [2.05, 4.69) is 59.7 Å². The summed E-state index contributed by atoms with van der Waals surface area (Å²) in [5.41, 5.74) is 12.4. The van der Waals surface area contributed by atoms with Crippen molar-refractivity contribution in [3.05, 3.63) is 82.2 Å². The third-order valence-corrected chi connectivity index (χ3v) is 6.75. The normalized spacial score (nSPS) is 20.4. The first-order chi connectivity index (χ1) is 15.1. The molecule has 2 atom stereocenters. The van der Waals surface area contributed by atoms with Crippen molar-refractivity contribution >= 4 is 22.9 Å². The lowest BCUT2D eigenvalue weighted by molar-refractivity contribution is -0.115. The van der Waals surface area contributed by atoms with Crippen LogP contribution in [-0.2, 0) is 4.79 Å². The Morgan fingerprint density at radius 1 is 1.03 bits per heavy atom. The van der Waals surface area contributed by atoms with Gasteiger partial charge < -0.3 is 10.2 Å². The fourth-order valence-electron chi connectivity index (χ4n) is 4.55. The Hall–Kier alpha value is -3.09. The van der Waals surface area contributed by atoms with Crippen LogP contribution in [0.3, 0.4) is 0 Å². The summed E-state index contributed by atoms with van der Waals surface area (Å²) in [5, 5.41) is 4.21. The van der Waals surface area contributed by atoms with E-state index in [1.54, 1.807) is 18.4 Å². The summed E-state index contributed by atoms with van der Waals surface area (Å²) in [4.78, 5) is 15.5. The van der Waals surface area contributed by atoms with Crippen molar-refractivity contribution < 1.29 is 9.53 Å². The molecule has 2 N–H and O–H groups in total. The standard InChI is InChI=1S/C25H25N3O2S/c1-15(2)22-21-23(27-26-22)25(29)28(24(21)19-6-4-5-7-20(19)30-3)18-10-8-16(9-11-18)17-12-13-31-14-17/h4-15,22,24,26-27H,1-3H3. The molecule has 3 aromatic rings. The highest BCUT2D eigenvalue weighted by Crippen LogP contribution is 2.47. The van der Waals surface area contributed by atoms with Crippen LogP contribution in [0.15, 0.2) is 76.6 Å². The van der Waals surface area contributed by atoms with Crippen LogP contribution in [-0.4, -0.2) is 19.1 Å². The van der Waals surface area contributed by atoms with Gasteiger partial charge in [0.1, 0.15) is 11.4 Å². The summed E-state index contributed by atoms with van der Waals surface area (Å²) in [5.74, 6) is 1.08. The average Bonchev–Trinajstić information content (AvgIpc) is 3.52. The topological polar surface area (TPSA) is 53.6 Å². The third kappa shape index (κ3) is 3.23. The van der Waals surface area contributed by atoms with E-state index in [4.69, 9.17) is 4.74 Å². The summed E-state index contributed by atoms with van der Waals surface area (Å²) < 4.78 is 5.69. The number of hydrazine groups is 1. The van der Waals surface area contributed by atoms with Crippen LogP contribution in [0.4, 0.5) is 5.69 Å². The highest BCUT2D eigenvalue weighted by atomic mass is 32.1. The molecule has 1 amide bonds. The van der Waals surface area contributed by atoms with Gasteiger partial charge in [0, 0.05) is 16.8 Å². The molecular formula is C25H25N3O2S. The third-order valence-electron chi connectivity index (χ3n) is 6.06. The minimum atomic E-state index is -0.236. The summed E-state index contributed by atoms with van der Waals surface area (Å²) in [7, 11) is 1.68.